The number of fused-ring (bicyclic) bond motifs is 1. The first-order valence-corrected chi connectivity index (χ1v) is 7.49. The van der Waals surface area contributed by atoms with Crippen molar-refractivity contribution in [3.63, 3.8) is 0 Å². The van der Waals surface area contributed by atoms with Crippen LogP contribution in [0.1, 0.15) is 43.2 Å². The van der Waals surface area contributed by atoms with E-state index in [1.807, 2.05) is 6.07 Å². The maximum Gasteiger partial charge on any atom is 0.241 e. The Morgan fingerprint density at radius 1 is 1.15 bits per heavy atom. The summed E-state index contributed by atoms with van der Waals surface area (Å²) in [4.78, 5) is 12.3. The molecule has 0 spiro atoms. The topological polar surface area (TPSA) is 41.1 Å². The number of carbonyl (C=O) groups is 1. The lowest BCUT2D eigenvalue weighted by Crippen LogP contribution is -2.43. The molecule has 1 unspecified atom stereocenters. The van der Waals surface area contributed by atoms with Crippen LogP contribution in [0.5, 0.6) is 0 Å². The third kappa shape index (κ3) is 3.33. The Bertz CT molecular complexity index is 470. The molecule has 1 aliphatic heterocycles. The quantitative estimate of drug-likeness (QED) is 0.880. The van der Waals surface area contributed by atoms with Crippen molar-refractivity contribution < 1.29 is 4.79 Å². The molecule has 1 fully saturated rings. The van der Waals surface area contributed by atoms with Crippen LogP contribution >= 0.6 is 12.4 Å². The van der Waals surface area contributed by atoms with Crippen LogP contribution in [0.25, 0.3) is 0 Å². The van der Waals surface area contributed by atoms with Gasteiger partial charge in [0.1, 0.15) is 0 Å². The molecule has 0 bridgehead atoms. The summed E-state index contributed by atoms with van der Waals surface area (Å²) in [7, 11) is 0. The van der Waals surface area contributed by atoms with Gasteiger partial charge in [0.2, 0.25) is 5.91 Å². The summed E-state index contributed by atoms with van der Waals surface area (Å²) in [5, 5.41) is 6.45. The summed E-state index contributed by atoms with van der Waals surface area (Å²) in [6.07, 6.45) is 8.06. The molecule has 20 heavy (non-hydrogen) atoms. The minimum absolute atomic E-state index is 0. The molecule has 0 radical (unpaired) electrons. The van der Waals surface area contributed by atoms with Crippen LogP contribution in [0.3, 0.4) is 0 Å². The number of nitrogens with one attached hydrogen (secondary N) is 2. The molecule has 4 heteroatoms. The molecule has 1 atom stereocenters. The SMILES string of the molecule is Cl.O=C(Nc1cccc2c1CCCC2)C1CCCCN1. The zero-order chi connectivity index (χ0) is 13.1. The lowest BCUT2D eigenvalue weighted by atomic mass is 9.90. The van der Waals surface area contributed by atoms with E-state index in [-0.39, 0.29) is 24.4 Å². The summed E-state index contributed by atoms with van der Waals surface area (Å²) in [6.45, 7) is 0.963. The van der Waals surface area contributed by atoms with Crippen molar-refractivity contribution in [2.45, 2.75) is 51.0 Å². The molecule has 1 aliphatic carbocycles. The Kier molecular flexibility index (Phi) is 5.44. The van der Waals surface area contributed by atoms with Crippen LogP contribution < -0.4 is 10.6 Å². The van der Waals surface area contributed by atoms with Gasteiger partial charge in [-0.05, 0) is 62.3 Å². The first kappa shape index (κ1) is 15.3. The van der Waals surface area contributed by atoms with E-state index in [0.29, 0.717) is 0 Å². The lowest BCUT2D eigenvalue weighted by molar-refractivity contribution is -0.118. The molecule has 1 aromatic rings. The summed E-state index contributed by atoms with van der Waals surface area (Å²) < 4.78 is 0. The zero-order valence-corrected chi connectivity index (χ0v) is 12.6. The first-order chi connectivity index (χ1) is 9.34. The van der Waals surface area contributed by atoms with Crippen LogP contribution in [0.4, 0.5) is 5.69 Å². The molecular formula is C16H23ClN2O. The summed E-state index contributed by atoms with van der Waals surface area (Å²) >= 11 is 0. The summed E-state index contributed by atoms with van der Waals surface area (Å²) in [6, 6.07) is 6.30. The van der Waals surface area contributed by atoms with E-state index in [2.05, 4.69) is 22.8 Å². The molecule has 0 saturated carbocycles. The van der Waals surface area contributed by atoms with Gasteiger partial charge in [0.05, 0.1) is 6.04 Å². The number of anilines is 1. The predicted octanol–water partition coefficient (Wildman–Crippen LogP) is 3.07. The van der Waals surface area contributed by atoms with Gasteiger partial charge in [0.25, 0.3) is 0 Å². The van der Waals surface area contributed by atoms with E-state index in [1.165, 1.54) is 30.4 Å². The van der Waals surface area contributed by atoms with Crippen molar-refractivity contribution in [2.75, 3.05) is 11.9 Å². The van der Waals surface area contributed by atoms with Gasteiger partial charge >= 0.3 is 0 Å². The second kappa shape index (κ2) is 7.09. The molecule has 110 valence electrons. The van der Waals surface area contributed by atoms with Gasteiger partial charge in [-0.3, -0.25) is 4.79 Å². The van der Waals surface area contributed by atoms with Crippen LogP contribution in [-0.2, 0) is 17.6 Å². The third-order valence-corrected chi connectivity index (χ3v) is 4.28. The van der Waals surface area contributed by atoms with Crippen LogP contribution in [0.2, 0.25) is 0 Å². The van der Waals surface area contributed by atoms with Crippen molar-refractivity contribution in [3.8, 4) is 0 Å². The molecular weight excluding hydrogens is 272 g/mol. The normalized spacial score (nSPS) is 21.5. The average Bonchev–Trinajstić information content (AvgIpc) is 2.48. The Morgan fingerprint density at radius 3 is 2.80 bits per heavy atom. The largest absolute Gasteiger partial charge is 0.324 e. The van der Waals surface area contributed by atoms with Gasteiger partial charge in [-0.2, -0.15) is 0 Å². The number of hydrogen-bond acceptors (Lipinski definition) is 2. The Balaban J connectivity index is 0.00000147. The fourth-order valence-corrected chi connectivity index (χ4v) is 3.19. The Labute approximate surface area is 126 Å². The minimum atomic E-state index is -0.00630. The standard InChI is InChI=1S/C16H22N2O.ClH/c19-16(15-9-3-4-11-17-15)18-14-10-5-7-12-6-1-2-8-13(12)14;/h5,7,10,15,17H,1-4,6,8-9,11H2,(H,18,19);1H. The molecule has 3 nitrogen and oxygen atoms in total. The van der Waals surface area contributed by atoms with Crippen LogP contribution in [0, 0.1) is 0 Å². The van der Waals surface area contributed by atoms with Crippen LogP contribution in [-0.4, -0.2) is 18.5 Å². The highest BCUT2D eigenvalue weighted by atomic mass is 35.5. The van der Waals surface area contributed by atoms with Crippen molar-refractivity contribution in [1.82, 2.24) is 5.32 Å². The highest BCUT2D eigenvalue weighted by Gasteiger charge is 2.22. The van der Waals surface area contributed by atoms with E-state index in [0.717, 1.165) is 37.9 Å². The number of carbonyl (C=O) groups excluding carboxylic acids is 1. The van der Waals surface area contributed by atoms with Crippen LogP contribution in [0.15, 0.2) is 18.2 Å². The molecule has 1 amide bonds. The molecule has 1 heterocycles. The number of benzene rings is 1. The smallest absolute Gasteiger partial charge is 0.241 e. The van der Waals surface area contributed by atoms with Gasteiger partial charge in [-0.1, -0.05) is 18.6 Å². The Hall–Kier alpha value is -1.06. The molecule has 0 aromatic heterocycles. The number of aryl methyl sites for hydroxylation is 1. The number of rotatable bonds is 2. The van der Waals surface area contributed by atoms with E-state index < -0.39 is 0 Å². The maximum atomic E-state index is 12.3. The fraction of sp³-hybridized carbons (Fsp3) is 0.562. The predicted molar refractivity (Wildman–Crippen MR) is 84.6 cm³/mol. The van der Waals surface area contributed by atoms with Crippen molar-refractivity contribution in [3.05, 3.63) is 29.3 Å². The van der Waals surface area contributed by atoms with Crippen molar-refractivity contribution >= 4 is 24.0 Å². The van der Waals surface area contributed by atoms with Gasteiger partial charge in [0.15, 0.2) is 0 Å². The van der Waals surface area contributed by atoms with E-state index in [4.69, 9.17) is 0 Å². The zero-order valence-electron chi connectivity index (χ0n) is 11.8. The molecule has 2 N–H and O–H groups in total. The maximum absolute atomic E-state index is 12.3. The summed E-state index contributed by atoms with van der Waals surface area (Å²) in [5.74, 6) is 0.138. The molecule has 3 rings (SSSR count). The average molecular weight is 295 g/mol. The molecule has 2 aliphatic rings. The summed E-state index contributed by atoms with van der Waals surface area (Å²) in [5.41, 5.74) is 3.81. The van der Waals surface area contributed by atoms with E-state index in [1.54, 1.807) is 0 Å². The van der Waals surface area contributed by atoms with Gasteiger partial charge < -0.3 is 10.6 Å². The second-order valence-electron chi connectivity index (χ2n) is 5.64. The van der Waals surface area contributed by atoms with Crippen molar-refractivity contribution in [1.29, 1.82) is 0 Å². The van der Waals surface area contributed by atoms with E-state index in [9.17, 15) is 4.79 Å². The van der Waals surface area contributed by atoms with Gasteiger partial charge in [0, 0.05) is 5.69 Å². The highest BCUT2D eigenvalue weighted by Crippen LogP contribution is 2.28. The first-order valence-electron chi connectivity index (χ1n) is 7.49. The second-order valence-corrected chi connectivity index (χ2v) is 5.64. The Morgan fingerprint density at radius 2 is 2.00 bits per heavy atom. The van der Waals surface area contributed by atoms with Crippen molar-refractivity contribution in [2.24, 2.45) is 0 Å². The van der Waals surface area contributed by atoms with Gasteiger partial charge in [-0.25, -0.2) is 0 Å². The molecule has 1 saturated heterocycles. The fourth-order valence-electron chi connectivity index (χ4n) is 3.19. The number of piperidine rings is 1. The lowest BCUT2D eigenvalue weighted by Gasteiger charge is -2.24. The minimum Gasteiger partial charge on any atom is -0.324 e. The number of hydrogen-bond donors (Lipinski definition) is 2. The number of amides is 1. The number of halogens is 1. The molecule has 1 aromatic carbocycles. The third-order valence-electron chi connectivity index (χ3n) is 4.28. The van der Waals surface area contributed by atoms with E-state index >= 15 is 0 Å². The monoisotopic (exact) mass is 294 g/mol. The van der Waals surface area contributed by atoms with Gasteiger partial charge in [-0.15, -0.1) is 12.4 Å². The highest BCUT2D eigenvalue weighted by molar-refractivity contribution is 5.95.